The average Bonchev–Trinajstić information content (AvgIpc) is 1.83. The molecule has 12 heavy (non-hydrogen) atoms. The predicted molar refractivity (Wildman–Crippen MR) is 25.8 cm³/mol. The van der Waals surface area contributed by atoms with E-state index < -0.39 is 23.8 Å². The van der Waals surface area contributed by atoms with Crippen molar-refractivity contribution in [3.05, 3.63) is 23.8 Å². The van der Waals surface area contributed by atoms with Crippen LogP contribution in [0, 0.1) is 18.2 Å². The molecule has 0 N–H and O–H groups in total. The number of nitrogens with zero attached hydrogens (tertiary/aromatic N) is 2. The minimum absolute atomic E-state index is 1.16. The van der Waals surface area contributed by atoms with Crippen LogP contribution in [0.15, 0.2) is 0 Å². The van der Waals surface area contributed by atoms with E-state index in [0.717, 1.165) is 6.20 Å². The van der Waals surface area contributed by atoms with E-state index in [2.05, 4.69) is 9.97 Å². The highest BCUT2D eigenvalue weighted by molar-refractivity contribution is 5.08. The summed E-state index contributed by atoms with van der Waals surface area (Å²) in [5, 5.41) is 0. The fourth-order valence-corrected chi connectivity index (χ4v) is 0.490. The molecule has 0 aliphatic carbocycles. The van der Waals surface area contributed by atoms with Crippen molar-refractivity contribution in [2.45, 2.75) is 6.18 Å². The largest absolute Gasteiger partial charge is 0.422 e. The lowest BCUT2D eigenvalue weighted by Gasteiger charge is -2.04. The van der Waals surface area contributed by atoms with E-state index >= 15 is 0 Å². The number of alkyl halides is 3. The van der Waals surface area contributed by atoms with Crippen molar-refractivity contribution in [1.29, 1.82) is 0 Å². The van der Waals surface area contributed by atoms with Gasteiger partial charge in [-0.3, -0.25) is 0 Å². The number of hydrogen-bond donors (Lipinski definition) is 0. The molecule has 0 spiro atoms. The van der Waals surface area contributed by atoms with E-state index in [4.69, 9.17) is 0 Å². The second kappa shape index (κ2) is 2.65. The third-order valence-corrected chi connectivity index (χ3v) is 0.940. The van der Waals surface area contributed by atoms with Crippen LogP contribution in [-0.2, 0) is 6.18 Å². The molecular weight excluding hydrogens is 183 g/mol. The maximum absolute atomic E-state index is 12.2. The van der Waals surface area contributed by atoms with Crippen LogP contribution in [0.25, 0.3) is 0 Å². The summed E-state index contributed by atoms with van der Waals surface area (Å²) in [6.07, 6.45) is -5.37. The summed E-state index contributed by atoms with van der Waals surface area (Å²) in [5.74, 6) is -1.96. The highest BCUT2D eigenvalue weighted by Crippen LogP contribution is 2.29. The minimum atomic E-state index is -4.95. The van der Waals surface area contributed by atoms with Crippen LogP contribution in [-0.4, -0.2) is 9.97 Å². The summed E-state index contributed by atoms with van der Waals surface area (Å²) in [7, 11) is 0. The van der Waals surface area contributed by atoms with E-state index in [1.54, 1.807) is 0 Å². The van der Waals surface area contributed by atoms with Gasteiger partial charge in [0.2, 0.25) is 5.95 Å². The molecule has 0 saturated heterocycles. The molecule has 65 valence electrons. The molecule has 0 amide bonds. The standard InChI is InChI=1S/C5F5N2/c6-3-2(5(8,9)10)1-11-4(7)12-3. The number of rotatable bonds is 0. The molecule has 0 saturated carbocycles. The first kappa shape index (κ1) is 8.82. The maximum Gasteiger partial charge on any atom is 0.422 e. The fraction of sp³-hybridized carbons (Fsp3) is 0.200. The zero-order chi connectivity index (χ0) is 9.35. The number of halogens is 5. The molecule has 0 aromatic carbocycles. The van der Waals surface area contributed by atoms with Gasteiger partial charge in [-0.25, -0.2) is 0 Å². The molecule has 0 unspecified atom stereocenters. The van der Waals surface area contributed by atoms with E-state index in [9.17, 15) is 22.0 Å². The lowest BCUT2D eigenvalue weighted by atomic mass is 10.3. The second-order valence-electron chi connectivity index (χ2n) is 1.77. The molecule has 0 aliphatic rings. The minimum Gasteiger partial charge on any atom is -0.200 e. The highest BCUT2D eigenvalue weighted by atomic mass is 19.4. The van der Waals surface area contributed by atoms with Crippen LogP contribution in [0.4, 0.5) is 22.0 Å². The Hall–Kier alpha value is -1.27. The van der Waals surface area contributed by atoms with Gasteiger partial charge in [-0.2, -0.15) is 31.9 Å². The Morgan fingerprint density at radius 3 is 2.17 bits per heavy atom. The molecule has 2 nitrogen and oxygen atoms in total. The molecule has 1 radical (unpaired) electrons. The van der Waals surface area contributed by atoms with Gasteiger partial charge in [0.15, 0.2) is 0 Å². The molecule has 0 aliphatic heterocycles. The van der Waals surface area contributed by atoms with Gasteiger partial charge in [-0.1, -0.05) is 0 Å². The first-order valence-corrected chi connectivity index (χ1v) is 2.59. The van der Waals surface area contributed by atoms with Crippen LogP contribution in [0.2, 0.25) is 0 Å². The summed E-state index contributed by atoms with van der Waals surface area (Å²) in [4.78, 5) is 4.69. The van der Waals surface area contributed by atoms with Crippen LogP contribution in [0.1, 0.15) is 5.56 Å². The van der Waals surface area contributed by atoms with Crippen molar-refractivity contribution in [2.24, 2.45) is 0 Å². The zero-order valence-corrected chi connectivity index (χ0v) is 5.28. The molecule has 1 heterocycles. The predicted octanol–water partition coefficient (Wildman–Crippen LogP) is 1.57. The third-order valence-electron chi connectivity index (χ3n) is 0.940. The van der Waals surface area contributed by atoms with Crippen LogP contribution in [0.3, 0.4) is 0 Å². The summed E-state index contributed by atoms with van der Waals surface area (Å²) in [6, 6.07) is 0. The lowest BCUT2D eigenvalue weighted by Crippen LogP contribution is -2.11. The summed E-state index contributed by atoms with van der Waals surface area (Å²) < 4.78 is 59.2. The SMILES string of the molecule is Fc1n[c]c(C(F)(F)F)c(F)n1. The second-order valence-corrected chi connectivity index (χ2v) is 1.77. The Kier molecular flexibility index (Phi) is 1.95. The summed E-state index contributed by atoms with van der Waals surface area (Å²) in [6.45, 7) is 0. The van der Waals surface area contributed by atoms with Crippen molar-refractivity contribution in [3.63, 3.8) is 0 Å². The van der Waals surface area contributed by atoms with Gasteiger partial charge in [0.1, 0.15) is 11.8 Å². The summed E-state index contributed by atoms with van der Waals surface area (Å²) in [5.41, 5.74) is -1.80. The zero-order valence-electron chi connectivity index (χ0n) is 5.28. The molecular formula is C5F5N2. The lowest BCUT2D eigenvalue weighted by molar-refractivity contribution is -0.141. The third kappa shape index (κ3) is 1.66. The van der Waals surface area contributed by atoms with E-state index in [0.29, 0.717) is 0 Å². The summed E-state index contributed by atoms with van der Waals surface area (Å²) >= 11 is 0. The Balaban J connectivity index is 3.19. The van der Waals surface area contributed by atoms with Crippen LogP contribution < -0.4 is 0 Å². The Labute approximate surface area is 63.1 Å². The van der Waals surface area contributed by atoms with Crippen LogP contribution >= 0.6 is 0 Å². The van der Waals surface area contributed by atoms with Gasteiger partial charge in [0.25, 0.3) is 0 Å². The maximum atomic E-state index is 12.2. The molecule has 7 heteroatoms. The highest BCUT2D eigenvalue weighted by Gasteiger charge is 2.36. The molecule has 1 aromatic heterocycles. The smallest absolute Gasteiger partial charge is 0.200 e. The topological polar surface area (TPSA) is 25.8 Å². The molecule has 1 aromatic rings. The van der Waals surface area contributed by atoms with Crippen molar-refractivity contribution >= 4 is 0 Å². The van der Waals surface area contributed by atoms with Gasteiger partial charge in [-0.05, 0) is 0 Å². The van der Waals surface area contributed by atoms with Crippen molar-refractivity contribution in [2.75, 3.05) is 0 Å². The van der Waals surface area contributed by atoms with Crippen molar-refractivity contribution in [3.8, 4) is 0 Å². The molecule has 0 atom stereocenters. The quantitative estimate of drug-likeness (QED) is 0.346. The van der Waals surface area contributed by atoms with Gasteiger partial charge in [-0.15, -0.1) is 0 Å². The Bertz CT molecular complexity index is 294. The normalized spacial score (nSPS) is 11.8. The Morgan fingerprint density at radius 2 is 1.75 bits per heavy atom. The van der Waals surface area contributed by atoms with E-state index in [1.807, 2.05) is 0 Å². The van der Waals surface area contributed by atoms with Crippen molar-refractivity contribution < 1.29 is 22.0 Å². The molecule has 0 bridgehead atoms. The first-order valence-electron chi connectivity index (χ1n) is 2.59. The number of aromatic nitrogens is 2. The van der Waals surface area contributed by atoms with Crippen LogP contribution in [0.5, 0.6) is 0 Å². The first-order chi connectivity index (χ1) is 5.41. The van der Waals surface area contributed by atoms with Gasteiger partial charge in [0.05, 0.1) is 0 Å². The number of hydrogen-bond acceptors (Lipinski definition) is 2. The van der Waals surface area contributed by atoms with Crippen molar-refractivity contribution in [1.82, 2.24) is 9.97 Å². The average molecular weight is 183 g/mol. The van der Waals surface area contributed by atoms with Gasteiger partial charge < -0.3 is 0 Å². The van der Waals surface area contributed by atoms with Gasteiger partial charge in [0, 0.05) is 0 Å². The van der Waals surface area contributed by atoms with Gasteiger partial charge >= 0.3 is 12.3 Å². The molecule has 1 rings (SSSR count). The van der Waals surface area contributed by atoms with E-state index in [1.165, 1.54) is 0 Å². The molecule has 0 fully saturated rings. The Morgan fingerprint density at radius 1 is 1.17 bits per heavy atom. The van der Waals surface area contributed by atoms with E-state index in [-0.39, 0.29) is 0 Å². The monoisotopic (exact) mass is 183 g/mol. The fourth-order valence-electron chi connectivity index (χ4n) is 0.490.